The summed E-state index contributed by atoms with van der Waals surface area (Å²) in [6.45, 7) is 5.82. The molecule has 0 fully saturated rings. The molecule has 0 saturated heterocycles. The van der Waals surface area contributed by atoms with Crippen LogP contribution in [0.3, 0.4) is 0 Å². The highest BCUT2D eigenvalue weighted by atomic mass is 35.5. The lowest BCUT2D eigenvalue weighted by atomic mass is 9.93. The van der Waals surface area contributed by atoms with E-state index in [0.717, 1.165) is 6.54 Å². The molecule has 3 N–H and O–H groups in total. The molecule has 0 spiro atoms. The van der Waals surface area contributed by atoms with Gasteiger partial charge >= 0.3 is 0 Å². The van der Waals surface area contributed by atoms with Crippen LogP contribution in [-0.2, 0) is 4.79 Å². The van der Waals surface area contributed by atoms with E-state index in [4.69, 9.17) is 17.3 Å². The van der Waals surface area contributed by atoms with Crippen molar-refractivity contribution in [3.05, 3.63) is 29.3 Å². The van der Waals surface area contributed by atoms with Gasteiger partial charge in [0.15, 0.2) is 0 Å². The Kier molecular flexibility index (Phi) is 8.13. The van der Waals surface area contributed by atoms with E-state index in [1.165, 1.54) is 0 Å². The van der Waals surface area contributed by atoms with Gasteiger partial charge in [-0.15, -0.1) is 12.4 Å². The summed E-state index contributed by atoms with van der Waals surface area (Å²) in [4.78, 5) is 13.9. The highest BCUT2D eigenvalue weighted by Gasteiger charge is 2.19. The van der Waals surface area contributed by atoms with E-state index in [-0.39, 0.29) is 23.7 Å². The fourth-order valence-corrected chi connectivity index (χ4v) is 2.03. The third kappa shape index (κ3) is 6.57. The number of carbonyl (C=O) groups is 1. The Labute approximate surface area is 132 Å². The van der Waals surface area contributed by atoms with E-state index >= 15 is 0 Å². The standard InChI is InChI=1S/C14H22ClN3O.ClH/c1-14(2,9-16)10-18(3)8-13(19)17-12-7-5-4-6-11(12)15;/h4-7H,8-10,16H2,1-3H3,(H,17,19);1H. The average Bonchev–Trinajstić information content (AvgIpc) is 2.31. The third-order valence-electron chi connectivity index (χ3n) is 2.81. The number of hydrogen-bond donors (Lipinski definition) is 2. The predicted octanol–water partition coefficient (Wildman–Crippen LogP) is 2.62. The van der Waals surface area contributed by atoms with Crippen molar-refractivity contribution in [3.63, 3.8) is 0 Å². The molecule has 1 aromatic rings. The Morgan fingerprint density at radius 3 is 2.55 bits per heavy atom. The summed E-state index contributed by atoms with van der Waals surface area (Å²) in [6, 6.07) is 7.19. The van der Waals surface area contributed by atoms with Gasteiger partial charge in [0.25, 0.3) is 0 Å². The number of likely N-dealkylation sites (N-methyl/N-ethyl adjacent to an activating group) is 1. The van der Waals surface area contributed by atoms with Crippen LogP contribution >= 0.6 is 24.0 Å². The van der Waals surface area contributed by atoms with Crippen molar-refractivity contribution < 1.29 is 4.79 Å². The molecule has 0 unspecified atom stereocenters. The van der Waals surface area contributed by atoms with Crippen LogP contribution in [0.4, 0.5) is 5.69 Å². The fourth-order valence-electron chi connectivity index (χ4n) is 1.85. The Hall–Kier alpha value is -0.810. The molecule has 4 nitrogen and oxygen atoms in total. The first-order valence-electron chi connectivity index (χ1n) is 6.27. The minimum absolute atomic E-state index is 0. The molecule has 0 aliphatic rings. The van der Waals surface area contributed by atoms with Crippen molar-refractivity contribution in [1.82, 2.24) is 4.90 Å². The number of hydrogen-bond acceptors (Lipinski definition) is 3. The number of amides is 1. The van der Waals surface area contributed by atoms with Crippen LogP contribution in [-0.4, -0.2) is 37.5 Å². The molecular formula is C14H23Cl2N3O. The molecule has 0 heterocycles. The minimum Gasteiger partial charge on any atom is -0.330 e. The Bertz CT molecular complexity index is 438. The second kappa shape index (κ2) is 8.47. The lowest BCUT2D eigenvalue weighted by Gasteiger charge is -2.28. The van der Waals surface area contributed by atoms with E-state index in [0.29, 0.717) is 23.8 Å². The predicted molar refractivity (Wildman–Crippen MR) is 87.7 cm³/mol. The summed E-state index contributed by atoms with van der Waals surface area (Å²) in [5.41, 5.74) is 6.32. The van der Waals surface area contributed by atoms with Crippen LogP contribution in [0.25, 0.3) is 0 Å². The van der Waals surface area contributed by atoms with Gasteiger partial charge in [0.1, 0.15) is 0 Å². The number of carbonyl (C=O) groups excluding carboxylic acids is 1. The van der Waals surface area contributed by atoms with Gasteiger partial charge in [0, 0.05) is 6.54 Å². The van der Waals surface area contributed by atoms with Gasteiger partial charge in [0.05, 0.1) is 17.3 Å². The molecule has 0 bridgehead atoms. The van der Waals surface area contributed by atoms with Crippen molar-refractivity contribution in [2.45, 2.75) is 13.8 Å². The highest BCUT2D eigenvalue weighted by molar-refractivity contribution is 6.33. The van der Waals surface area contributed by atoms with Crippen LogP contribution < -0.4 is 11.1 Å². The van der Waals surface area contributed by atoms with E-state index in [1.54, 1.807) is 12.1 Å². The summed E-state index contributed by atoms with van der Waals surface area (Å²) in [7, 11) is 1.91. The summed E-state index contributed by atoms with van der Waals surface area (Å²) in [6.07, 6.45) is 0. The molecule has 1 rings (SSSR count). The second-order valence-corrected chi connectivity index (χ2v) is 5.98. The fraction of sp³-hybridized carbons (Fsp3) is 0.500. The molecule has 0 atom stereocenters. The normalized spacial score (nSPS) is 11.1. The quantitative estimate of drug-likeness (QED) is 0.847. The zero-order valence-electron chi connectivity index (χ0n) is 12.1. The maximum absolute atomic E-state index is 11.9. The molecule has 1 aromatic carbocycles. The Morgan fingerprint density at radius 2 is 2.00 bits per heavy atom. The van der Waals surface area contributed by atoms with Gasteiger partial charge in [-0.2, -0.15) is 0 Å². The molecule has 0 aromatic heterocycles. The van der Waals surface area contributed by atoms with Crippen molar-refractivity contribution in [2.75, 3.05) is 32.0 Å². The van der Waals surface area contributed by atoms with Crippen molar-refractivity contribution >= 4 is 35.6 Å². The Morgan fingerprint density at radius 1 is 1.40 bits per heavy atom. The van der Waals surface area contributed by atoms with E-state index in [2.05, 4.69) is 19.2 Å². The third-order valence-corrected chi connectivity index (χ3v) is 3.14. The summed E-state index contributed by atoms with van der Waals surface area (Å²) < 4.78 is 0. The maximum Gasteiger partial charge on any atom is 0.238 e. The summed E-state index contributed by atoms with van der Waals surface area (Å²) >= 11 is 5.99. The number of benzene rings is 1. The number of halogens is 2. The molecule has 1 amide bonds. The van der Waals surface area contributed by atoms with E-state index in [1.807, 2.05) is 24.1 Å². The van der Waals surface area contributed by atoms with Crippen molar-refractivity contribution in [1.29, 1.82) is 0 Å². The lowest BCUT2D eigenvalue weighted by Crippen LogP contribution is -2.40. The molecule has 6 heteroatoms. The van der Waals surface area contributed by atoms with E-state index in [9.17, 15) is 4.79 Å². The number of nitrogens with two attached hydrogens (primary N) is 1. The molecule has 0 radical (unpaired) electrons. The first-order chi connectivity index (χ1) is 8.84. The molecule has 20 heavy (non-hydrogen) atoms. The maximum atomic E-state index is 11.9. The second-order valence-electron chi connectivity index (χ2n) is 5.57. The monoisotopic (exact) mass is 319 g/mol. The average molecular weight is 320 g/mol. The van der Waals surface area contributed by atoms with Gasteiger partial charge in [-0.25, -0.2) is 0 Å². The smallest absolute Gasteiger partial charge is 0.238 e. The van der Waals surface area contributed by atoms with Gasteiger partial charge in [-0.1, -0.05) is 37.6 Å². The van der Waals surface area contributed by atoms with Crippen LogP contribution in [0, 0.1) is 5.41 Å². The minimum atomic E-state index is -0.0802. The largest absolute Gasteiger partial charge is 0.330 e. The lowest BCUT2D eigenvalue weighted by molar-refractivity contribution is -0.117. The first kappa shape index (κ1) is 19.2. The highest BCUT2D eigenvalue weighted by Crippen LogP contribution is 2.20. The van der Waals surface area contributed by atoms with Crippen LogP contribution in [0.15, 0.2) is 24.3 Å². The molecule has 0 aliphatic carbocycles. The van der Waals surface area contributed by atoms with Gasteiger partial charge in [-0.05, 0) is 31.1 Å². The molecule has 114 valence electrons. The van der Waals surface area contributed by atoms with Crippen LogP contribution in [0.5, 0.6) is 0 Å². The first-order valence-corrected chi connectivity index (χ1v) is 6.65. The van der Waals surface area contributed by atoms with Gasteiger partial charge in [-0.3, -0.25) is 9.69 Å². The zero-order chi connectivity index (χ0) is 14.5. The van der Waals surface area contributed by atoms with Crippen molar-refractivity contribution in [3.8, 4) is 0 Å². The SMILES string of the molecule is CN(CC(=O)Nc1ccccc1Cl)CC(C)(C)CN.Cl. The zero-order valence-corrected chi connectivity index (χ0v) is 13.7. The number of rotatable bonds is 6. The van der Waals surface area contributed by atoms with Crippen molar-refractivity contribution in [2.24, 2.45) is 11.1 Å². The van der Waals surface area contributed by atoms with Gasteiger partial charge in [0.2, 0.25) is 5.91 Å². The summed E-state index contributed by atoms with van der Waals surface area (Å²) in [5, 5.41) is 3.34. The topological polar surface area (TPSA) is 58.4 Å². The van der Waals surface area contributed by atoms with Crippen LogP contribution in [0.2, 0.25) is 5.02 Å². The molecule has 0 saturated carbocycles. The number of para-hydroxylation sites is 1. The number of anilines is 1. The molecule has 0 aliphatic heterocycles. The van der Waals surface area contributed by atoms with E-state index < -0.39 is 0 Å². The number of nitrogens with one attached hydrogen (secondary N) is 1. The van der Waals surface area contributed by atoms with Crippen LogP contribution in [0.1, 0.15) is 13.8 Å². The summed E-state index contributed by atoms with van der Waals surface area (Å²) in [5.74, 6) is -0.0802. The van der Waals surface area contributed by atoms with Gasteiger partial charge < -0.3 is 11.1 Å². The molecular weight excluding hydrogens is 297 g/mol. The number of nitrogens with zero attached hydrogens (tertiary/aromatic N) is 1. The Balaban J connectivity index is 0.00000361.